The summed E-state index contributed by atoms with van der Waals surface area (Å²) >= 11 is 1.26. The van der Waals surface area contributed by atoms with Gasteiger partial charge in [-0.1, -0.05) is 0 Å². The highest BCUT2D eigenvalue weighted by molar-refractivity contribution is 7.92. The molecule has 0 amide bonds. The number of hydrogen-bond acceptors (Lipinski definition) is 5. The summed E-state index contributed by atoms with van der Waals surface area (Å²) in [6.45, 7) is 0.431. The van der Waals surface area contributed by atoms with Crippen LogP contribution in [-0.4, -0.2) is 32.7 Å². The third kappa shape index (κ3) is 3.71. The average Bonchev–Trinajstić information content (AvgIpc) is 2.52. The standard InChI is InChI=1S/C6H11N3O2S2/c1-7-3-5-13(10,11)9-6-8-2-4-12-6/h2,4,7H,3,5H2,1H3,(H,8,9). The third-order valence-electron chi connectivity index (χ3n) is 1.30. The molecule has 0 aromatic carbocycles. The molecule has 0 fully saturated rings. The lowest BCUT2D eigenvalue weighted by molar-refractivity contribution is 0.598. The van der Waals surface area contributed by atoms with Crippen molar-refractivity contribution >= 4 is 26.5 Å². The third-order valence-corrected chi connectivity index (χ3v) is 3.36. The maximum Gasteiger partial charge on any atom is 0.235 e. The molecule has 0 atom stereocenters. The molecule has 74 valence electrons. The quantitative estimate of drug-likeness (QED) is 0.740. The van der Waals surface area contributed by atoms with Crippen LogP contribution < -0.4 is 10.0 Å². The van der Waals surface area contributed by atoms with Gasteiger partial charge in [0.15, 0.2) is 5.13 Å². The van der Waals surface area contributed by atoms with Gasteiger partial charge in [0, 0.05) is 18.1 Å². The molecule has 0 unspecified atom stereocenters. The lowest BCUT2D eigenvalue weighted by Gasteiger charge is -2.03. The van der Waals surface area contributed by atoms with Crippen LogP contribution in [0, 0.1) is 0 Å². The fourth-order valence-electron chi connectivity index (χ4n) is 0.694. The smallest absolute Gasteiger partial charge is 0.235 e. The summed E-state index contributed by atoms with van der Waals surface area (Å²) in [6, 6.07) is 0. The Balaban J connectivity index is 2.53. The summed E-state index contributed by atoms with van der Waals surface area (Å²) in [5.41, 5.74) is 0. The predicted molar refractivity (Wildman–Crippen MR) is 53.5 cm³/mol. The number of thiazole rings is 1. The van der Waals surface area contributed by atoms with Gasteiger partial charge in [-0.25, -0.2) is 13.4 Å². The molecule has 7 heteroatoms. The van der Waals surface area contributed by atoms with E-state index in [1.807, 2.05) is 0 Å². The number of sulfonamides is 1. The molecule has 0 spiro atoms. The van der Waals surface area contributed by atoms with E-state index in [1.165, 1.54) is 11.3 Å². The van der Waals surface area contributed by atoms with Crippen LogP contribution in [0.3, 0.4) is 0 Å². The van der Waals surface area contributed by atoms with Crippen molar-refractivity contribution in [2.45, 2.75) is 0 Å². The fourth-order valence-corrected chi connectivity index (χ4v) is 2.53. The molecule has 13 heavy (non-hydrogen) atoms. The number of anilines is 1. The Hall–Kier alpha value is -0.660. The molecule has 1 aromatic heterocycles. The van der Waals surface area contributed by atoms with Crippen molar-refractivity contribution in [1.82, 2.24) is 10.3 Å². The zero-order valence-electron chi connectivity index (χ0n) is 7.15. The molecule has 0 bridgehead atoms. The van der Waals surface area contributed by atoms with Crippen LogP contribution in [0.1, 0.15) is 0 Å². The molecule has 2 N–H and O–H groups in total. The van der Waals surface area contributed by atoms with E-state index in [4.69, 9.17) is 0 Å². The van der Waals surface area contributed by atoms with Gasteiger partial charge in [-0.05, 0) is 7.05 Å². The molecule has 0 saturated heterocycles. The highest BCUT2D eigenvalue weighted by Crippen LogP contribution is 2.11. The van der Waals surface area contributed by atoms with Crippen LogP contribution in [0.4, 0.5) is 5.13 Å². The number of aromatic nitrogens is 1. The Bertz CT molecular complexity index is 333. The summed E-state index contributed by atoms with van der Waals surface area (Å²) in [4.78, 5) is 3.82. The van der Waals surface area contributed by atoms with Gasteiger partial charge in [-0.15, -0.1) is 11.3 Å². The van der Waals surface area contributed by atoms with E-state index in [0.29, 0.717) is 11.7 Å². The molecule has 1 aromatic rings. The molecule has 0 aliphatic heterocycles. The zero-order chi connectivity index (χ0) is 9.73. The molecule has 0 saturated carbocycles. The molecule has 0 aliphatic carbocycles. The predicted octanol–water partition coefficient (Wildman–Crippen LogP) is 0.104. The minimum atomic E-state index is -3.23. The van der Waals surface area contributed by atoms with Crippen LogP contribution in [0.5, 0.6) is 0 Å². The van der Waals surface area contributed by atoms with Gasteiger partial charge in [0.25, 0.3) is 0 Å². The average molecular weight is 221 g/mol. The van der Waals surface area contributed by atoms with Gasteiger partial charge in [0.2, 0.25) is 10.0 Å². The number of nitrogens with one attached hydrogen (secondary N) is 2. The monoisotopic (exact) mass is 221 g/mol. The Kier molecular flexibility index (Phi) is 3.64. The van der Waals surface area contributed by atoms with Gasteiger partial charge in [-0.2, -0.15) is 0 Å². The van der Waals surface area contributed by atoms with Crippen LogP contribution in [0.25, 0.3) is 0 Å². The number of rotatable bonds is 5. The van der Waals surface area contributed by atoms with Crippen LogP contribution in [0.15, 0.2) is 11.6 Å². The van der Waals surface area contributed by atoms with E-state index in [2.05, 4.69) is 15.0 Å². The minimum Gasteiger partial charge on any atom is -0.319 e. The van der Waals surface area contributed by atoms with Crippen molar-refractivity contribution in [3.8, 4) is 0 Å². The summed E-state index contributed by atoms with van der Waals surface area (Å²) in [5.74, 6) is 0.0586. The van der Waals surface area contributed by atoms with Crippen LogP contribution in [-0.2, 0) is 10.0 Å². The lowest BCUT2D eigenvalue weighted by Crippen LogP contribution is -2.24. The summed E-state index contributed by atoms with van der Waals surface area (Å²) in [7, 11) is -1.52. The largest absolute Gasteiger partial charge is 0.319 e. The molecule has 1 heterocycles. The molecule has 5 nitrogen and oxygen atoms in total. The summed E-state index contributed by atoms with van der Waals surface area (Å²) in [6.07, 6.45) is 1.56. The first kappa shape index (κ1) is 10.4. The van der Waals surface area contributed by atoms with Crippen molar-refractivity contribution in [1.29, 1.82) is 0 Å². The lowest BCUT2D eigenvalue weighted by atomic mass is 10.8. The highest BCUT2D eigenvalue weighted by Gasteiger charge is 2.10. The number of hydrogen-bond donors (Lipinski definition) is 2. The van der Waals surface area contributed by atoms with Gasteiger partial charge >= 0.3 is 0 Å². The second-order valence-electron chi connectivity index (χ2n) is 2.36. The first-order chi connectivity index (χ1) is 6.14. The Morgan fingerprint density at radius 1 is 1.62 bits per heavy atom. The first-order valence-electron chi connectivity index (χ1n) is 3.68. The normalized spacial score (nSPS) is 11.5. The van der Waals surface area contributed by atoms with Crippen LogP contribution in [0.2, 0.25) is 0 Å². The van der Waals surface area contributed by atoms with Crippen molar-refractivity contribution in [2.75, 3.05) is 24.1 Å². The fraction of sp³-hybridized carbons (Fsp3) is 0.500. The van der Waals surface area contributed by atoms with E-state index >= 15 is 0 Å². The SMILES string of the molecule is CNCCS(=O)(=O)Nc1nccs1. The van der Waals surface area contributed by atoms with Crippen molar-refractivity contribution < 1.29 is 8.42 Å². The summed E-state index contributed by atoms with van der Waals surface area (Å²) < 4.78 is 24.9. The molecule has 1 rings (SSSR count). The minimum absolute atomic E-state index is 0.0586. The van der Waals surface area contributed by atoms with E-state index in [1.54, 1.807) is 18.6 Å². The summed E-state index contributed by atoms with van der Waals surface area (Å²) in [5, 5.41) is 4.90. The van der Waals surface area contributed by atoms with Gasteiger partial charge in [-0.3, -0.25) is 4.72 Å². The van der Waals surface area contributed by atoms with Gasteiger partial charge < -0.3 is 5.32 Å². The molecule has 0 radical (unpaired) electrons. The van der Waals surface area contributed by atoms with E-state index in [9.17, 15) is 8.42 Å². The van der Waals surface area contributed by atoms with E-state index in [0.717, 1.165) is 0 Å². The van der Waals surface area contributed by atoms with Crippen molar-refractivity contribution in [2.24, 2.45) is 0 Å². The number of nitrogens with zero attached hydrogens (tertiary/aromatic N) is 1. The maximum atomic E-state index is 11.3. The molecule has 0 aliphatic rings. The van der Waals surface area contributed by atoms with E-state index in [-0.39, 0.29) is 5.75 Å². The first-order valence-corrected chi connectivity index (χ1v) is 6.22. The Labute approximate surface area is 81.2 Å². The van der Waals surface area contributed by atoms with E-state index < -0.39 is 10.0 Å². The molecular formula is C6H11N3O2S2. The van der Waals surface area contributed by atoms with Gasteiger partial charge in [0.1, 0.15) is 0 Å². The van der Waals surface area contributed by atoms with Crippen molar-refractivity contribution in [3.05, 3.63) is 11.6 Å². The second kappa shape index (κ2) is 4.54. The maximum absolute atomic E-state index is 11.3. The second-order valence-corrected chi connectivity index (χ2v) is 5.10. The molecular weight excluding hydrogens is 210 g/mol. The van der Waals surface area contributed by atoms with Crippen LogP contribution >= 0.6 is 11.3 Å². The Morgan fingerprint density at radius 2 is 2.38 bits per heavy atom. The topological polar surface area (TPSA) is 71.1 Å². The van der Waals surface area contributed by atoms with Gasteiger partial charge in [0.05, 0.1) is 5.75 Å². The van der Waals surface area contributed by atoms with Crippen molar-refractivity contribution in [3.63, 3.8) is 0 Å². The Morgan fingerprint density at radius 3 is 2.92 bits per heavy atom. The highest BCUT2D eigenvalue weighted by atomic mass is 32.2. The zero-order valence-corrected chi connectivity index (χ0v) is 8.78.